The van der Waals surface area contributed by atoms with Gasteiger partial charge in [-0.1, -0.05) is 17.4 Å². The van der Waals surface area contributed by atoms with Crippen LogP contribution in [0.4, 0.5) is 13.6 Å². The average molecular weight is 530 g/mol. The average Bonchev–Trinajstić information content (AvgIpc) is 3.53. The third-order valence-electron chi connectivity index (χ3n) is 6.27. The van der Waals surface area contributed by atoms with Crippen molar-refractivity contribution in [3.8, 4) is 17.0 Å². The van der Waals surface area contributed by atoms with Crippen LogP contribution >= 0.6 is 11.3 Å². The van der Waals surface area contributed by atoms with Crippen LogP contribution in [0.3, 0.4) is 0 Å². The summed E-state index contributed by atoms with van der Waals surface area (Å²) < 4.78 is 43.8. The van der Waals surface area contributed by atoms with Gasteiger partial charge in [0.2, 0.25) is 0 Å². The molecular weight excluding hydrogens is 504 g/mol. The first-order chi connectivity index (χ1) is 17.5. The summed E-state index contributed by atoms with van der Waals surface area (Å²) >= 11 is 1.23. The lowest BCUT2D eigenvalue weighted by molar-refractivity contribution is 0.0221. The molecule has 1 aliphatic heterocycles. The monoisotopic (exact) mass is 529 g/mol. The molecule has 37 heavy (non-hydrogen) atoms. The van der Waals surface area contributed by atoms with Crippen molar-refractivity contribution >= 4 is 38.6 Å². The number of nitrogens with zero attached hydrogens (tertiary/aromatic N) is 3. The molecule has 1 fully saturated rings. The molecule has 5 rings (SSSR count). The first kappa shape index (κ1) is 24.9. The minimum atomic E-state index is -1.12. The molecular formula is C26H25F2N3O5S. The molecule has 2 aromatic carbocycles. The Morgan fingerprint density at radius 1 is 1.19 bits per heavy atom. The number of carboxylic acid groups (broad SMARTS) is 1. The predicted molar refractivity (Wildman–Crippen MR) is 134 cm³/mol. The van der Waals surface area contributed by atoms with E-state index in [0.717, 1.165) is 0 Å². The Morgan fingerprint density at radius 3 is 2.62 bits per heavy atom. The molecule has 1 N–H and O–H groups in total. The summed E-state index contributed by atoms with van der Waals surface area (Å²) in [7, 11) is 1.38. The number of hydrogen-bond donors (Lipinski definition) is 1. The maximum atomic E-state index is 15.4. The van der Waals surface area contributed by atoms with Gasteiger partial charge in [0.1, 0.15) is 16.9 Å². The van der Waals surface area contributed by atoms with Crippen molar-refractivity contribution < 1.29 is 33.0 Å². The number of likely N-dealkylation sites (tertiary alicyclic amines) is 1. The number of methoxy groups -OCH3 is 1. The second-order valence-electron chi connectivity index (χ2n) is 9.87. The van der Waals surface area contributed by atoms with Crippen molar-refractivity contribution in [3.05, 3.63) is 53.2 Å². The summed E-state index contributed by atoms with van der Waals surface area (Å²) in [5.74, 6) is -3.00. The van der Waals surface area contributed by atoms with Crippen LogP contribution in [0.25, 0.3) is 26.4 Å². The Morgan fingerprint density at radius 2 is 1.95 bits per heavy atom. The molecule has 0 saturated carbocycles. The van der Waals surface area contributed by atoms with Crippen molar-refractivity contribution in [2.45, 2.75) is 45.3 Å². The molecule has 1 aliphatic rings. The zero-order valence-electron chi connectivity index (χ0n) is 20.7. The summed E-state index contributed by atoms with van der Waals surface area (Å²) in [6.07, 6.45) is 2.18. The highest BCUT2D eigenvalue weighted by Crippen LogP contribution is 2.38. The molecule has 194 valence electrons. The van der Waals surface area contributed by atoms with Gasteiger partial charge in [0.05, 0.1) is 29.1 Å². The van der Waals surface area contributed by atoms with Crippen LogP contribution in [-0.4, -0.2) is 50.7 Å². The molecule has 1 saturated heterocycles. The van der Waals surface area contributed by atoms with E-state index in [0.29, 0.717) is 34.6 Å². The van der Waals surface area contributed by atoms with Crippen molar-refractivity contribution in [2.24, 2.45) is 0 Å². The summed E-state index contributed by atoms with van der Waals surface area (Å²) in [4.78, 5) is 30.6. The second kappa shape index (κ2) is 8.98. The minimum Gasteiger partial charge on any atom is -0.496 e. The molecule has 1 amide bonds. The molecule has 0 aliphatic carbocycles. The Balaban J connectivity index is 1.51. The lowest BCUT2D eigenvalue weighted by Crippen LogP contribution is -2.36. The quantitative estimate of drug-likeness (QED) is 0.335. The molecule has 3 heterocycles. The number of aromatic nitrogens is 2. The number of carbonyl (C=O) groups is 2. The van der Waals surface area contributed by atoms with Crippen LogP contribution in [0.2, 0.25) is 0 Å². The predicted octanol–water partition coefficient (Wildman–Crippen LogP) is 6.27. The summed E-state index contributed by atoms with van der Waals surface area (Å²) in [5.41, 5.74) is 0.277. The fraction of sp³-hybridized carbons (Fsp3) is 0.346. The maximum absolute atomic E-state index is 15.4. The van der Waals surface area contributed by atoms with E-state index in [9.17, 15) is 14.7 Å². The number of imidazole rings is 1. The van der Waals surface area contributed by atoms with Gasteiger partial charge in [-0.15, -0.1) is 0 Å². The molecule has 4 aromatic rings. The highest BCUT2D eigenvalue weighted by molar-refractivity contribution is 7.23. The van der Waals surface area contributed by atoms with Gasteiger partial charge < -0.3 is 19.5 Å². The zero-order valence-corrected chi connectivity index (χ0v) is 21.5. The maximum Gasteiger partial charge on any atom is 0.410 e. The number of carbonyl (C=O) groups excluding carboxylic acids is 1. The first-order valence-corrected chi connectivity index (χ1v) is 12.5. The molecule has 0 radical (unpaired) electrons. The van der Waals surface area contributed by atoms with Gasteiger partial charge in [-0.3, -0.25) is 4.40 Å². The summed E-state index contributed by atoms with van der Waals surface area (Å²) in [5, 5.41) is 9.42. The number of carboxylic acids is 1. The van der Waals surface area contributed by atoms with Gasteiger partial charge in [0.15, 0.2) is 16.6 Å². The number of rotatable bonds is 4. The SMILES string of the molecule is COc1cc2c(cc1C(=O)O)sc1nc(-c3ccc(C4CCCN4C(=O)OC(C)(C)C)c(F)c3F)cn12. The summed E-state index contributed by atoms with van der Waals surface area (Å²) in [6.45, 7) is 5.67. The lowest BCUT2D eigenvalue weighted by atomic mass is 10.0. The van der Waals surface area contributed by atoms with Gasteiger partial charge in [0.25, 0.3) is 0 Å². The third kappa shape index (κ3) is 4.37. The van der Waals surface area contributed by atoms with Crippen LogP contribution in [-0.2, 0) is 4.74 Å². The van der Waals surface area contributed by atoms with Crippen molar-refractivity contribution in [1.82, 2.24) is 14.3 Å². The Bertz CT molecular complexity index is 1560. The van der Waals surface area contributed by atoms with Crippen molar-refractivity contribution in [3.63, 3.8) is 0 Å². The number of thiazole rings is 1. The normalized spacial score (nSPS) is 16.1. The van der Waals surface area contributed by atoms with E-state index in [1.165, 1.54) is 41.5 Å². The van der Waals surface area contributed by atoms with Gasteiger partial charge in [-0.2, -0.15) is 0 Å². The van der Waals surface area contributed by atoms with Crippen LogP contribution in [0, 0.1) is 11.6 Å². The van der Waals surface area contributed by atoms with E-state index in [1.807, 2.05) is 0 Å². The lowest BCUT2D eigenvalue weighted by Gasteiger charge is -2.29. The number of hydrogen-bond acceptors (Lipinski definition) is 6. The number of aromatic carboxylic acids is 1. The Labute approximate surface area is 215 Å². The van der Waals surface area contributed by atoms with Gasteiger partial charge in [0, 0.05) is 29.9 Å². The van der Waals surface area contributed by atoms with E-state index in [1.54, 1.807) is 37.4 Å². The Kier molecular flexibility index (Phi) is 6.06. The second-order valence-corrected chi connectivity index (χ2v) is 10.9. The fourth-order valence-electron chi connectivity index (χ4n) is 4.64. The summed E-state index contributed by atoms with van der Waals surface area (Å²) in [6, 6.07) is 5.43. The first-order valence-electron chi connectivity index (χ1n) is 11.7. The van der Waals surface area contributed by atoms with Gasteiger partial charge >= 0.3 is 12.1 Å². The zero-order chi connectivity index (χ0) is 26.6. The number of fused-ring (bicyclic) bond motifs is 3. The fourth-order valence-corrected chi connectivity index (χ4v) is 5.67. The topological polar surface area (TPSA) is 93.4 Å². The Hall–Kier alpha value is -3.73. The number of benzene rings is 2. The van der Waals surface area contributed by atoms with Crippen LogP contribution in [0.1, 0.15) is 55.6 Å². The van der Waals surface area contributed by atoms with E-state index in [2.05, 4.69) is 4.98 Å². The van der Waals surface area contributed by atoms with E-state index >= 15 is 8.78 Å². The molecule has 1 unspecified atom stereocenters. The van der Waals surface area contributed by atoms with Gasteiger partial charge in [-0.25, -0.2) is 23.4 Å². The molecule has 0 bridgehead atoms. The van der Waals surface area contributed by atoms with E-state index in [-0.39, 0.29) is 28.1 Å². The molecule has 2 aromatic heterocycles. The molecule has 8 nitrogen and oxygen atoms in total. The molecule has 0 spiro atoms. The number of ether oxygens (including phenoxy) is 2. The minimum absolute atomic E-state index is 0.0127. The van der Waals surface area contributed by atoms with Gasteiger partial charge in [-0.05, 0) is 45.7 Å². The highest BCUT2D eigenvalue weighted by Gasteiger charge is 2.35. The molecule has 1 atom stereocenters. The standard InChI is InChI=1S/C26H25F2N3O5S/c1-26(2,3)36-25(34)30-9-5-6-17(30)14-8-7-13(21(27)22(14)28)16-12-31-18-11-19(35-4)15(23(32)33)10-20(18)37-24(31)29-16/h7-8,10-12,17H,5-6,9H2,1-4H3,(H,32,33). The highest BCUT2D eigenvalue weighted by atomic mass is 32.1. The van der Waals surface area contributed by atoms with Crippen LogP contribution in [0.15, 0.2) is 30.5 Å². The van der Waals surface area contributed by atoms with E-state index < -0.39 is 35.3 Å². The van der Waals surface area contributed by atoms with Crippen molar-refractivity contribution in [2.75, 3.05) is 13.7 Å². The number of halogens is 2. The van der Waals surface area contributed by atoms with Crippen molar-refractivity contribution in [1.29, 1.82) is 0 Å². The number of amides is 1. The largest absolute Gasteiger partial charge is 0.496 e. The van der Waals surface area contributed by atoms with Crippen LogP contribution in [0.5, 0.6) is 5.75 Å². The van der Waals surface area contributed by atoms with E-state index in [4.69, 9.17) is 9.47 Å². The van der Waals surface area contributed by atoms with Crippen LogP contribution < -0.4 is 4.74 Å². The third-order valence-corrected chi connectivity index (χ3v) is 7.29. The smallest absolute Gasteiger partial charge is 0.410 e. The molecule has 11 heteroatoms.